The van der Waals surface area contributed by atoms with Gasteiger partial charge in [0.1, 0.15) is 0 Å². The molecule has 6 heteroatoms. The minimum atomic E-state index is -0.119. The van der Waals surface area contributed by atoms with E-state index in [1.807, 2.05) is 36.5 Å². The Morgan fingerprint density at radius 1 is 1.23 bits per heavy atom. The number of pyridine rings is 1. The van der Waals surface area contributed by atoms with E-state index in [0.717, 1.165) is 43.9 Å². The fourth-order valence-electron chi connectivity index (χ4n) is 3.14. The highest BCUT2D eigenvalue weighted by Crippen LogP contribution is 2.20. The molecule has 3 rings (SSSR count). The fourth-order valence-corrected chi connectivity index (χ4v) is 3.80. The number of nitrogens with zero attached hydrogens (tertiary/aromatic N) is 2. The standard InChI is InChI=1S/C20H26N4OS/c1-2-26-19-7-5-17(6-8-19)22-20(25)23-18-9-12-24(13-10-18)15-16-4-3-11-21-14-16/h3-8,11,14,18H,2,9-10,12-13,15H2,1H3,(H2,22,23,25). The van der Waals surface area contributed by atoms with Gasteiger partial charge in [-0.3, -0.25) is 9.88 Å². The highest BCUT2D eigenvalue weighted by atomic mass is 32.2. The zero-order chi connectivity index (χ0) is 18.2. The van der Waals surface area contributed by atoms with Crippen molar-refractivity contribution in [3.63, 3.8) is 0 Å². The first kappa shape index (κ1) is 18.7. The smallest absolute Gasteiger partial charge is 0.319 e. The van der Waals surface area contributed by atoms with Crippen molar-refractivity contribution < 1.29 is 4.79 Å². The van der Waals surface area contributed by atoms with Gasteiger partial charge in [-0.25, -0.2) is 4.79 Å². The monoisotopic (exact) mass is 370 g/mol. The minimum Gasteiger partial charge on any atom is -0.335 e. The third-order valence-electron chi connectivity index (χ3n) is 4.47. The number of nitrogens with one attached hydrogen (secondary N) is 2. The maximum absolute atomic E-state index is 12.2. The van der Waals surface area contributed by atoms with Crippen LogP contribution in [0.15, 0.2) is 53.7 Å². The lowest BCUT2D eigenvalue weighted by Crippen LogP contribution is -2.45. The van der Waals surface area contributed by atoms with Gasteiger partial charge in [-0.1, -0.05) is 13.0 Å². The topological polar surface area (TPSA) is 57.3 Å². The second kappa shape index (κ2) is 9.59. The van der Waals surface area contributed by atoms with Gasteiger partial charge in [0.15, 0.2) is 0 Å². The summed E-state index contributed by atoms with van der Waals surface area (Å²) in [5.41, 5.74) is 2.07. The van der Waals surface area contributed by atoms with Gasteiger partial charge in [-0.2, -0.15) is 0 Å². The molecule has 1 saturated heterocycles. The Morgan fingerprint density at radius 2 is 2.00 bits per heavy atom. The van der Waals surface area contributed by atoms with Crippen molar-refractivity contribution in [2.75, 3.05) is 24.2 Å². The van der Waals surface area contributed by atoms with Crippen molar-refractivity contribution >= 4 is 23.5 Å². The van der Waals surface area contributed by atoms with Crippen LogP contribution in [0.2, 0.25) is 0 Å². The first-order valence-electron chi connectivity index (χ1n) is 9.14. The number of thioether (sulfide) groups is 1. The zero-order valence-corrected chi connectivity index (χ0v) is 16.0. The van der Waals surface area contributed by atoms with Crippen LogP contribution in [0.3, 0.4) is 0 Å². The zero-order valence-electron chi connectivity index (χ0n) is 15.1. The molecule has 1 aliphatic rings. The molecule has 0 spiro atoms. The summed E-state index contributed by atoms with van der Waals surface area (Å²) in [6.45, 7) is 5.03. The molecule has 0 bridgehead atoms. The lowest BCUT2D eigenvalue weighted by Gasteiger charge is -2.32. The van der Waals surface area contributed by atoms with E-state index in [1.165, 1.54) is 10.5 Å². The molecular formula is C20H26N4OS. The summed E-state index contributed by atoms with van der Waals surface area (Å²) < 4.78 is 0. The van der Waals surface area contributed by atoms with E-state index < -0.39 is 0 Å². The molecule has 0 unspecified atom stereocenters. The Bertz CT molecular complexity index is 685. The van der Waals surface area contributed by atoms with Gasteiger partial charge < -0.3 is 10.6 Å². The van der Waals surface area contributed by atoms with Crippen molar-refractivity contribution in [1.82, 2.24) is 15.2 Å². The SMILES string of the molecule is CCSc1ccc(NC(=O)NC2CCN(Cc3cccnc3)CC2)cc1. The van der Waals surface area contributed by atoms with Crippen molar-refractivity contribution in [2.45, 2.75) is 37.2 Å². The van der Waals surface area contributed by atoms with E-state index in [9.17, 15) is 4.79 Å². The molecular weight excluding hydrogens is 344 g/mol. The number of hydrogen-bond donors (Lipinski definition) is 2. The van der Waals surface area contributed by atoms with Crippen LogP contribution in [0.1, 0.15) is 25.3 Å². The molecule has 0 atom stereocenters. The van der Waals surface area contributed by atoms with E-state index in [-0.39, 0.29) is 12.1 Å². The molecule has 2 aromatic rings. The van der Waals surface area contributed by atoms with E-state index in [4.69, 9.17) is 0 Å². The highest BCUT2D eigenvalue weighted by molar-refractivity contribution is 7.99. The molecule has 2 amide bonds. The predicted molar refractivity (Wildman–Crippen MR) is 108 cm³/mol. The number of urea groups is 1. The number of aromatic nitrogens is 1. The Balaban J connectivity index is 1.40. The summed E-state index contributed by atoms with van der Waals surface area (Å²) in [7, 11) is 0. The number of likely N-dealkylation sites (tertiary alicyclic amines) is 1. The van der Waals surface area contributed by atoms with Crippen LogP contribution in [0.5, 0.6) is 0 Å². The van der Waals surface area contributed by atoms with Gasteiger partial charge in [0.05, 0.1) is 0 Å². The number of anilines is 1. The summed E-state index contributed by atoms with van der Waals surface area (Å²) in [6.07, 6.45) is 5.66. The summed E-state index contributed by atoms with van der Waals surface area (Å²) in [5, 5.41) is 6.03. The van der Waals surface area contributed by atoms with E-state index in [1.54, 1.807) is 18.0 Å². The second-order valence-corrected chi connectivity index (χ2v) is 7.80. The van der Waals surface area contributed by atoms with E-state index in [2.05, 4.69) is 33.5 Å². The number of carbonyl (C=O) groups is 1. The summed E-state index contributed by atoms with van der Waals surface area (Å²) in [5.74, 6) is 1.05. The maximum atomic E-state index is 12.2. The molecule has 1 aliphatic heterocycles. The van der Waals surface area contributed by atoms with Crippen molar-refractivity contribution in [3.05, 3.63) is 54.4 Å². The first-order valence-corrected chi connectivity index (χ1v) is 10.1. The molecule has 2 heterocycles. The third-order valence-corrected chi connectivity index (χ3v) is 5.37. The van der Waals surface area contributed by atoms with Gasteiger partial charge in [-0.15, -0.1) is 11.8 Å². The van der Waals surface area contributed by atoms with Crippen molar-refractivity contribution in [1.29, 1.82) is 0 Å². The van der Waals surface area contributed by atoms with Crippen LogP contribution in [0.25, 0.3) is 0 Å². The van der Waals surface area contributed by atoms with Gasteiger partial charge >= 0.3 is 6.03 Å². The number of carbonyl (C=O) groups excluding carboxylic acids is 1. The molecule has 1 aromatic heterocycles. The number of hydrogen-bond acceptors (Lipinski definition) is 4. The summed E-state index contributed by atoms with van der Waals surface area (Å²) in [4.78, 5) is 20.0. The van der Waals surface area contributed by atoms with Gasteiger partial charge in [0.2, 0.25) is 0 Å². The Labute approximate surface area is 159 Å². The lowest BCUT2D eigenvalue weighted by atomic mass is 10.0. The average Bonchev–Trinajstić information content (AvgIpc) is 2.66. The molecule has 138 valence electrons. The molecule has 0 aliphatic carbocycles. The molecule has 0 radical (unpaired) electrons. The van der Waals surface area contributed by atoms with Crippen molar-refractivity contribution in [2.24, 2.45) is 0 Å². The summed E-state index contributed by atoms with van der Waals surface area (Å²) >= 11 is 1.80. The first-order chi connectivity index (χ1) is 12.7. The van der Waals surface area contributed by atoms with Crippen LogP contribution in [-0.2, 0) is 6.54 Å². The normalized spacial score (nSPS) is 15.6. The molecule has 1 aromatic carbocycles. The third kappa shape index (κ3) is 5.75. The lowest BCUT2D eigenvalue weighted by molar-refractivity contribution is 0.189. The highest BCUT2D eigenvalue weighted by Gasteiger charge is 2.20. The van der Waals surface area contributed by atoms with Crippen LogP contribution in [0.4, 0.5) is 10.5 Å². The number of rotatable bonds is 6. The van der Waals surface area contributed by atoms with Gasteiger partial charge in [0.25, 0.3) is 0 Å². The molecule has 2 N–H and O–H groups in total. The predicted octanol–water partition coefficient (Wildman–Crippen LogP) is 3.98. The number of amides is 2. The number of benzene rings is 1. The van der Waals surface area contributed by atoms with Crippen LogP contribution in [-0.4, -0.2) is 40.8 Å². The Kier molecular flexibility index (Phi) is 6.91. The van der Waals surface area contributed by atoms with Gasteiger partial charge in [-0.05, 0) is 54.5 Å². The fraction of sp³-hybridized carbons (Fsp3) is 0.400. The maximum Gasteiger partial charge on any atom is 0.319 e. The molecule has 1 fully saturated rings. The van der Waals surface area contributed by atoms with Crippen LogP contribution < -0.4 is 10.6 Å². The van der Waals surface area contributed by atoms with Crippen LogP contribution in [0, 0.1) is 0 Å². The Hall–Kier alpha value is -2.05. The molecule has 5 nitrogen and oxygen atoms in total. The van der Waals surface area contributed by atoms with E-state index in [0.29, 0.717) is 0 Å². The largest absolute Gasteiger partial charge is 0.335 e. The van der Waals surface area contributed by atoms with Crippen molar-refractivity contribution in [3.8, 4) is 0 Å². The Morgan fingerprint density at radius 3 is 2.65 bits per heavy atom. The molecule has 0 saturated carbocycles. The summed E-state index contributed by atoms with van der Waals surface area (Å²) in [6, 6.07) is 12.2. The average molecular weight is 371 g/mol. The number of piperidine rings is 1. The van der Waals surface area contributed by atoms with E-state index >= 15 is 0 Å². The van der Waals surface area contributed by atoms with Gasteiger partial charge in [0, 0.05) is 48.7 Å². The van der Waals surface area contributed by atoms with Crippen LogP contribution >= 0.6 is 11.8 Å². The minimum absolute atomic E-state index is 0.119. The molecule has 26 heavy (non-hydrogen) atoms. The second-order valence-electron chi connectivity index (χ2n) is 6.47. The quantitative estimate of drug-likeness (QED) is 0.755.